The molecule has 0 N–H and O–H groups in total. The van der Waals surface area contributed by atoms with Gasteiger partial charge in [-0.05, 0) is 18.8 Å². The molecule has 2 saturated carbocycles. The lowest BCUT2D eigenvalue weighted by molar-refractivity contribution is -0.140. The van der Waals surface area contributed by atoms with Crippen molar-refractivity contribution in [2.75, 3.05) is 6.61 Å². The number of carbonyl (C=O) groups excluding carboxylic acids is 1. The zero-order valence-corrected chi connectivity index (χ0v) is 10.8. The number of carbonyl (C=O) groups is 1. The van der Waals surface area contributed by atoms with Crippen LogP contribution in [0.2, 0.25) is 0 Å². The second-order valence-corrected chi connectivity index (χ2v) is 5.01. The maximum Gasteiger partial charge on any atom is 0.302 e. The Bertz CT molecular complexity index is 175. The van der Waals surface area contributed by atoms with Crippen molar-refractivity contribution in [3.63, 3.8) is 0 Å². The highest BCUT2D eigenvalue weighted by Crippen LogP contribution is 2.39. The number of esters is 1. The molecule has 94 valence electrons. The van der Waals surface area contributed by atoms with Crippen LogP contribution in [0.3, 0.4) is 0 Å². The summed E-state index contributed by atoms with van der Waals surface area (Å²) in [5.41, 5.74) is 0. The standard InChI is InChI=1S/C10H18.C4H8O2/c1-2-6-10-8-4-3-7-9(10)5-1;1-3-6-4(2)5/h9-10H,1-8H2;3H2,1-2H3. The van der Waals surface area contributed by atoms with E-state index in [1.807, 2.05) is 0 Å². The molecular weight excluding hydrogens is 200 g/mol. The summed E-state index contributed by atoms with van der Waals surface area (Å²) < 4.78 is 4.40. The van der Waals surface area contributed by atoms with E-state index in [0.29, 0.717) is 6.61 Å². The van der Waals surface area contributed by atoms with Crippen LogP contribution in [0.15, 0.2) is 0 Å². The number of hydrogen-bond donors (Lipinski definition) is 0. The van der Waals surface area contributed by atoms with Gasteiger partial charge in [0.1, 0.15) is 0 Å². The summed E-state index contributed by atoms with van der Waals surface area (Å²) in [7, 11) is 0. The summed E-state index contributed by atoms with van der Waals surface area (Å²) in [6.07, 6.45) is 12.4. The molecule has 2 aliphatic carbocycles. The second kappa shape index (κ2) is 7.70. The van der Waals surface area contributed by atoms with Crippen LogP contribution in [-0.2, 0) is 9.53 Å². The Morgan fingerprint density at radius 3 is 1.56 bits per heavy atom. The molecule has 0 aromatic heterocycles. The third-order valence-corrected chi connectivity index (χ3v) is 3.81. The fourth-order valence-corrected chi connectivity index (χ4v) is 3.06. The third kappa shape index (κ3) is 5.00. The Morgan fingerprint density at radius 2 is 1.38 bits per heavy atom. The molecule has 0 aromatic carbocycles. The van der Waals surface area contributed by atoms with Gasteiger partial charge in [0.25, 0.3) is 0 Å². The van der Waals surface area contributed by atoms with Gasteiger partial charge in [0.05, 0.1) is 6.61 Å². The van der Waals surface area contributed by atoms with Crippen molar-refractivity contribution in [3.05, 3.63) is 0 Å². The van der Waals surface area contributed by atoms with E-state index in [9.17, 15) is 4.79 Å². The molecule has 2 heteroatoms. The number of hydrogen-bond acceptors (Lipinski definition) is 2. The first kappa shape index (κ1) is 13.5. The Hall–Kier alpha value is -0.530. The quantitative estimate of drug-likeness (QED) is 0.633. The van der Waals surface area contributed by atoms with Gasteiger partial charge in [0.2, 0.25) is 0 Å². The minimum Gasteiger partial charge on any atom is -0.466 e. The normalized spacial score (nSPS) is 28.4. The van der Waals surface area contributed by atoms with Crippen LogP contribution in [0.1, 0.15) is 65.2 Å². The first-order valence-corrected chi connectivity index (χ1v) is 6.87. The van der Waals surface area contributed by atoms with Gasteiger partial charge in [-0.3, -0.25) is 4.79 Å². The van der Waals surface area contributed by atoms with Crippen molar-refractivity contribution >= 4 is 5.97 Å². The zero-order valence-electron chi connectivity index (χ0n) is 10.8. The van der Waals surface area contributed by atoms with Crippen LogP contribution in [0.25, 0.3) is 0 Å². The Labute approximate surface area is 99.8 Å². The molecule has 0 atom stereocenters. The lowest BCUT2D eigenvalue weighted by Gasteiger charge is -2.35. The molecule has 16 heavy (non-hydrogen) atoms. The summed E-state index contributed by atoms with van der Waals surface area (Å²) in [6.45, 7) is 3.65. The molecule has 0 heterocycles. The first-order valence-electron chi connectivity index (χ1n) is 6.87. The van der Waals surface area contributed by atoms with Crippen molar-refractivity contribution in [3.8, 4) is 0 Å². The number of ether oxygens (including phenoxy) is 1. The van der Waals surface area contributed by atoms with Crippen LogP contribution in [0.4, 0.5) is 0 Å². The topological polar surface area (TPSA) is 26.3 Å². The average molecular weight is 226 g/mol. The van der Waals surface area contributed by atoms with E-state index in [0.717, 1.165) is 11.8 Å². The van der Waals surface area contributed by atoms with E-state index in [2.05, 4.69) is 4.74 Å². The van der Waals surface area contributed by atoms with Gasteiger partial charge in [-0.15, -0.1) is 0 Å². The lowest BCUT2D eigenvalue weighted by atomic mass is 9.71. The van der Waals surface area contributed by atoms with Gasteiger partial charge in [-0.2, -0.15) is 0 Å². The van der Waals surface area contributed by atoms with Crippen molar-refractivity contribution in [2.45, 2.75) is 65.2 Å². The molecule has 0 aliphatic heterocycles. The van der Waals surface area contributed by atoms with Gasteiger partial charge in [0, 0.05) is 6.92 Å². The highest BCUT2D eigenvalue weighted by Gasteiger charge is 2.26. The monoisotopic (exact) mass is 226 g/mol. The molecule has 2 nitrogen and oxygen atoms in total. The van der Waals surface area contributed by atoms with Crippen LogP contribution < -0.4 is 0 Å². The molecule has 2 rings (SSSR count). The minimum atomic E-state index is -0.211. The van der Waals surface area contributed by atoms with Crippen LogP contribution in [-0.4, -0.2) is 12.6 Å². The van der Waals surface area contributed by atoms with Crippen LogP contribution >= 0.6 is 0 Å². The predicted molar refractivity (Wildman–Crippen MR) is 66.2 cm³/mol. The predicted octanol–water partition coefficient (Wildman–Crippen LogP) is 3.94. The summed E-state index contributed by atoms with van der Waals surface area (Å²) in [5, 5.41) is 0. The van der Waals surface area contributed by atoms with Gasteiger partial charge in [-0.1, -0.05) is 51.4 Å². The first-order chi connectivity index (χ1) is 7.74. The van der Waals surface area contributed by atoms with Gasteiger partial charge >= 0.3 is 5.97 Å². The van der Waals surface area contributed by atoms with Gasteiger partial charge < -0.3 is 4.74 Å². The molecule has 0 bridgehead atoms. The van der Waals surface area contributed by atoms with E-state index in [1.54, 1.807) is 32.6 Å². The Morgan fingerprint density at radius 1 is 1.00 bits per heavy atom. The molecule has 2 fully saturated rings. The third-order valence-electron chi connectivity index (χ3n) is 3.81. The second-order valence-electron chi connectivity index (χ2n) is 5.01. The van der Waals surface area contributed by atoms with E-state index in [1.165, 1.54) is 32.6 Å². The minimum absolute atomic E-state index is 0.211. The highest BCUT2D eigenvalue weighted by molar-refractivity contribution is 5.65. The smallest absolute Gasteiger partial charge is 0.302 e. The molecule has 0 unspecified atom stereocenters. The van der Waals surface area contributed by atoms with Crippen molar-refractivity contribution < 1.29 is 9.53 Å². The maximum absolute atomic E-state index is 9.82. The Kier molecular flexibility index (Phi) is 6.51. The van der Waals surface area contributed by atoms with E-state index in [-0.39, 0.29) is 5.97 Å². The Balaban J connectivity index is 0.000000187. The zero-order chi connectivity index (χ0) is 11.8. The van der Waals surface area contributed by atoms with Crippen molar-refractivity contribution in [1.29, 1.82) is 0 Å². The van der Waals surface area contributed by atoms with Crippen LogP contribution in [0.5, 0.6) is 0 Å². The number of rotatable bonds is 1. The maximum atomic E-state index is 9.82. The van der Waals surface area contributed by atoms with Gasteiger partial charge in [-0.25, -0.2) is 0 Å². The molecule has 0 spiro atoms. The van der Waals surface area contributed by atoms with E-state index in [4.69, 9.17) is 0 Å². The summed E-state index contributed by atoms with van der Waals surface area (Å²) in [6, 6.07) is 0. The summed E-state index contributed by atoms with van der Waals surface area (Å²) in [5.74, 6) is 2.10. The fourth-order valence-electron chi connectivity index (χ4n) is 3.06. The molecule has 0 saturated heterocycles. The van der Waals surface area contributed by atoms with Crippen molar-refractivity contribution in [1.82, 2.24) is 0 Å². The van der Waals surface area contributed by atoms with Gasteiger partial charge in [0.15, 0.2) is 0 Å². The van der Waals surface area contributed by atoms with Crippen LogP contribution in [0, 0.1) is 11.8 Å². The molecule has 0 radical (unpaired) electrons. The molecule has 0 amide bonds. The molecule has 0 aromatic rings. The van der Waals surface area contributed by atoms with E-state index >= 15 is 0 Å². The average Bonchev–Trinajstić information content (AvgIpc) is 2.30. The van der Waals surface area contributed by atoms with E-state index < -0.39 is 0 Å². The summed E-state index contributed by atoms with van der Waals surface area (Å²) in [4.78, 5) is 9.82. The molecular formula is C14H26O2. The highest BCUT2D eigenvalue weighted by atomic mass is 16.5. The SMILES string of the molecule is C1CCC2CCCCC2C1.CCOC(C)=O. The largest absolute Gasteiger partial charge is 0.466 e. The fraction of sp³-hybridized carbons (Fsp3) is 0.929. The number of fused-ring (bicyclic) bond motifs is 1. The summed E-state index contributed by atoms with van der Waals surface area (Å²) >= 11 is 0. The molecule has 2 aliphatic rings. The lowest BCUT2D eigenvalue weighted by Crippen LogP contribution is -2.22. The van der Waals surface area contributed by atoms with Crippen molar-refractivity contribution in [2.24, 2.45) is 11.8 Å².